The number of hydrogen-bond donors (Lipinski definition) is 0. The molecule has 0 fully saturated rings. The Morgan fingerprint density at radius 1 is 0.905 bits per heavy atom. The molecular weight excluding hydrogens is 252 g/mol. The van der Waals surface area contributed by atoms with Gasteiger partial charge in [-0.2, -0.15) is 0 Å². The summed E-state index contributed by atoms with van der Waals surface area (Å²) >= 11 is 0. The molecule has 0 heterocycles. The van der Waals surface area contributed by atoms with E-state index in [2.05, 4.69) is 43.4 Å². The normalized spacial score (nSPS) is 11.7. The molecule has 1 radical (unpaired) electrons. The Morgan fingerprint density at radius 3 is 2.29 bits per heavy atom. The summed E-state index contributed by atoms with van der Waals surface area (Å²) in [6.45, 7) is 2.28. The first kappa shape index (κ1) is 17.8. The molecular formula is C21H31. The van der Waals surface area contributed by atoms with Gasteiger partial charge in [0.25, 0.3) is 0 Å². The van der Waals surface area contributed by atoms with Crippen LogP contribution in [0.5, 0.6) is 0 Å². The molecule has 0 nitrogen and oxygen atoms in total. The first-order chi connectivity index (χ1) is 10.4. The maximum absolute atomic E-state index is 3.08. The van der Waals surface area contributed by atoms with Gasteiger partial charge in [-0.15, -0.1) is 0 Å². The summed E-state index contributed by atoms with van der Waals surface area (Å²) in [4.78, 5) is 0. The van der Waals surface area contributed by atoms with Gasteiger partial charge in [-0.25, -0.2) is 0 Å². The van der Waals surface area contributed by atoms with Crippen molar-refractivity contribution < 1.29 is 0 Å². The molecule has 0 aliphatic rings. The van der Waals surface area contributed by atoms with E-state index < -0.39 is 0 Å². The van der Waals surface area contributed by atoms with Gasteiger partial charge in [-0.1, -0.05) is 101 Å². The number of allylic oxidation sites excluding steroid dienone is 3. The molecule has 1 aromatic rings. The second kappa shape index (κ2) is 13.7. The number of unbranched alkanes of at least 4 members (excludes halogenated alkanes) is 9. The van der Waals surface area contributed by atoms with Gasteiger partial charge in [0.05, 0.1) is 0 Å². The highest BCUT2D eigenvalue weighted by Gasteiger charge is 1.90. The molecule has 0 aliphatic carbocycles. The Kier molecular flexibility index (Phi) is 11.6. The van der Waals surface area contributed by atoms with E-state index in [0.29, 0.717) is 0 Å². The van der Waals surface area contributed by atoms with Crippen LogP contribution in [0.3, 0.4) is 0 Å². The van der Waals surface area contributed by atoms with Crippen LogP contribution in [0.2, 0.25) is 0 Å². The summed E-state index contributed by atoms with van der Waals surface area (Å²) in [5, 5.41) is 0. The minimum atomic E-state index is 1.21. The third-order valence-electron chi connectivity index (χ3n) is 3.74. The van der Waals surface area contributed by atoms with Gasteiger partial charge < -0.3 is 0 Å². The zero-order valence-electron chi connectivity index (χ0n) is 13.7. The lowest BCUT2D eigenvalue weighted by molar-refractivity contribution is 0.566. The monoisotopic (exact) mass is 283 g/mol. The summed E-state index contributed by atoms with van der Waals surface area (Å²) < 4.78 is 0. The maximum Gasteiger partial charge on any atom is -0.0178 e. The van der Waals surface area contributed by atoms with E-state index in [1.165, 1.54) is 69.8 Å². The summed E-state index contributed by atoms with van der Waals surface area (Å²) in [6, 6.07) is 11.1. The van der Waals surface area contributed by atoms with Gasteiger partial charge in [0, 0.05) is 0 Å². The molecule has 0 atom stereocenters. The zero-order chi connectivity index (χ0) is 15.0. The van der Waals surface area contributed by atoms with Crippen molar-refractivity contribution in [3.63, 3.8) is 0 Å². The van der Waals surface area contributed by atoms with E-state index in [9.17, 15) is 0 Å². The molecule has 0 N–H and O–H groups in total. The van der Waals surface area contributed by atoms with Gasteiger partial charge in [-0.3, -0.25) is 0 Å². The predicted octanol–water partition coefficient (Wildman–Crippen LogP) is 6.98. The highest BCUT2D eigenvalue weighted by molar-refractivity contribution is 5.50. The lowest BCUT2D eigenvalue weighted by atomic mass is 10.1. The Balaban J connectivity index is 1.90. The molecule has 1 rings (SSSR count). The third kappa shape index (κ3) is 11.1. The lowest BCUT2D eigenvalue weighted by Crippen LogP contribution is -1.80. The van der Waals surface area contributed by atoms with Crippen molar-refractivity contribution in [2.75, 3.05) is 0 Å². The quantitative estimate of drug-likeness (QED) is 0.287. The second-order valence-corrected chi connectivity index (χ2v) is 5.74. The first-order valence-corrected chi connectivity index (χ1v) is 8.73. The van der Waals surface area contributed by atoms with E-state index in [-0.39, 0.29) is 0 Å². The van der Waals surface area contributed by atoms with E-state index in [1.54, 1.807) is 0 Å². The summed E-state index contributed by atoms with van der Waals surface area (Å²) in [5.74, 6) is 0. The Bertz CT molecular complexity index is 372. The third-order valence-corrected chi connectivity index (χ3v) is 3.74. The van der Waals surface area contributed by atoms with Crippen LogP contribution in [0.1, 0.15) is 76.7 Å². The molecule has 21 heavy (non-hydrogen) atoms. The SMILES string of the molecule is CCCCCCCCCCC/C=C/C=C/c1c[c]ccc1. The Labute approximate surface area is 132 Å². The fraction of sp³-hybridized carbons (Fsp3) is 0.524. The average molecular weight is 283 g/mol. The van der Waals surface area contributed by atoms with E-state index in [4.69, 9.17) is 0 Å². The van der Waals surface area contributed by atoms with E-state index in [0.717, 1.165) is 0 Å². The standard InChI is InChI=1S/C21H31/c1-2-3-4-5-6-7-8-9-10-11-12-13-15-18-21-19-16-14-17-20-21/h12-16,18-20H,2-11H2,1H3/b13-12+,18-15+. The van der Waals surface area contributed by atoms with Gasteiger partial charge in [-0.05, 0) is 30.5 Å². The highest BCUT2D eigenvalue weighted by Crippen LogP contribution is 2.10. The molecule has 0 spiro atoms. The summed E-state index contributed by atoms with van der Waals surface area (Å²) in [6.07, 6.45) is 22.5. The van der Waals surface area contributed by atoms with Crippen LogP contribution in [0.25, 0.3) is 6.08 Å². The maximum atomic E-state index is 3.08. The first-order valence-electron chi connectivity index (χ1n) is 8.73. The average Bonchev–Trinajstić information content (AvgIpc) is 2.53. The van der Waals surface area contributed by atoms with Crippen LogP contribution < -0.4 is 0 Å². The number of benzene rings is 1. The van der Waals surface area contributed by atoms with E-state index >= 15 is 0 Å². The smallest absolute Gasteiger partial charge is 0.0178 e. The predicted molar refractivity (Wildman–Crippen MR) is 95.3 cm³/mol. The second-order valence-electron chi connectivity index (χ2n) is 5.74. The molecule has 0 aliphatic heterocycles. The molecule has 0 heteroatoms. The van der Waals surface area contributed by atoms with Crippen molar-refractivity contribution in [2.24, 2.45) is 0 Å². The van der Waals surface area contributed by atoms with Crippen molar-refractivity contribution in [1.82, 2.24) is 0 Å². The lowest BCUT2D eigenvalue weighted by Gasteiger charge is -2.00. The molecule has 0 aromatic heterocycles. The molecule has 0 amide bonds. The molecule has 115 valence electrons. The zero-order valence-corrected chi connectivity index (χ0v) is 13.7. The van der Waals surface area contributed by atoms with Crippen molar-refractivity contribution in [3.05, 3.63) is 54.1 Å². The van der Waals surface area contributed by atoms with Crippen LogP contribution in [-0.4, -0.2) is 0 Å². The Morgan fingerprint density at radius 2 is 1.62 bits per heavy atom. The minimum absolute atomic E-state index is 1.21. The van der Waals surface area contributed by atoms with Crippen LogP contribution >= 0.6 is 0 Å². The van der Waals surface area contributed by atoms with Crippen molar-refractivity contribution in [1.29, 1.82) is 0 Å². The fourth-order valence-corrected chi connectivity index (χ4v) is 2.43. The van der Waals surface area contributed by atoms with Crippen molar-refractivity contribution in [2.45, 2.75) is 71.1 Å². The van der Waals surface area contributed by atoms with Gasteiger partial charge in [0.2, 0.25) is 0 Å². The van der Waals surface area contributed by atoms with Crippen LogP contribution in [-0.2, 0) is 0 Å². The molecule has 0 saturated heterocycles. The van der Waals surface area contributed by atoms with Gasteiger partial charge in [0.1, 0.15) is 0 Å². The topological polar surface area (TPSA) is 0 Å². The van der Waals surface area contributed by atoms with Crippen LogP contribution in [0, 0.1) is 6.07 Å². The largest absolute Gasteiger partial charge is 0.0845 e. The summed E-state index contributed by atoms with van der Waals surface area (Å²) in [5.41, 5.74) is 1.21. The molecule has 0 bridgehead atoms. The van der Waals surface area contributed by atoms with Gasteiger partial charge >= 0.3 is 0 Å². The van der Waals surface area contributed by atoms with Crippen molar-refractivity contribution >= 4 is 6.08 Å². The van der Waals surface area contributed by atoms with E-state index in [1.807, 2.05) is 18.2 Å². The number of rotatable bonds is 12. The molecule has 0 saturated carbocycles. The fourth-order valence-electron chi connectivity index (χ4n) is 2.43. The molecule has 1 aromatic carbocycles. The van der Waals surface area contributed by atoms with Crippen LogP contribution in [0.4, 0.5) is 0 Å². The Hall–Kier alpha value is -1.30. The molecule has 0 unspecified atom stereocenters. The summed E-state index contributed by atoms with van der Waals surface area (Å²) in [7, 11) is 0. The number of hydrogen-bond acceptors (Lipinski definition) is 0. The van der Waals surface area contributed by atoms with Crippen LogP contribution in [0.15, 0.2) is 42.5 Å². The minimum Gasteiger partial charge on any atom is -0.0845 e. The van der Waals surface area contributed by atoms with Gasteiger partial charge in [0.15, 0.2) is 0 Å². The highest BCUT2D eigenvalue weighted by atomic mass is 14.0. The van der Waals surface area contributed by atoms with Crippen molar-refractivity contribution in [3.8, 4) is 0 Å².